The fourth-order valence-electron chi connectivity index (χ4n) is 1.77. The second-order valence-electron chi connectivity index (χ2n) is 4.33. The molecular weight excluding hydrogens is 250 g/mol. The molecule has 100 valence electrons. The maximum atomic E-state index is 12.2. The van der Waals surface area contributed by atoms with Crippen molar-refractivity contribution >= 4 is 11.9 Å². The molecule has 2 rings (SSSR count). The molecule has 1 saturated carbocycles. The fraction of sp³-hybridized carbons (Fsp3) is 0.545. The molecule has 1 aliphatic rings. The summed E-state index contributed by atoms with van der Waals surface area (Å²) in [6, 6.07) is 2.18. The molecule has 8 heteroatoms. The zero-order valence-corrected chi connectivity index (χ0v) is 10.2. The van der Waals surface area contributed by atoms with Crippen molar-refractivity contribution in [2.75, 3.05) is 6.54 Å². The third-order valence-electron chi connectivity index (χ3n) is 2.77. The summed E-state index contributed by atoms with van der Waals surface area (Å²) < 4.78 is 1.10. The van der Waals surface area contributed by atoms with Gasteiger partial charge in [-0.05, 0) is 12.8 Å². The Balaban J connectivity index is 2.06. The first kappa shape index (κ1) is 13.0. The molecule has 0 spiro atoms. The number of hydrogen-bond acceptors (Lipinski definition) is 5. The molecule has 0 unspecified atom stereocenters. The van der Waals surface area contributed by atoms with Crippen LogP contribution in [-0.2, 0) is 11.3 Å². The van der Waals surface area contributed by atoms with Crippen LogP contribution in [0.4, 0.5) is 0 Å². The van der Waals surface area contributed by atoms with Crippen molar-refractivity contribution in [2.45, 2.75) is 31.8 Å². The SMILES string of the molecule is N#CCCN(C(=O)c1cn(CC(=O)O)nn1)C1CC1. The Bertz CT molecular complexity index is 529. The van der Waals surface area contributed by atoms with Crippen LogP contribution in [0.3, 0.4) is 0 Å². The van der Waals surface area contributed by atoms with Crippen LogP contribution in [0.5, 0.6) is 0 Å². The van der Waals surface area contributed by atoms with E-state index >= 15 is 0 Å². The molecule has 0 atom stereocenters. The van der Waals surface area contributed by atoms with E-state index in [1.54, 1.807) is 4.90 Å². The van der Waals surface area contributed by atoms with E-state index in [4.69, 9.17) is 10.4 Å². The number of carboxylic acid groups (broad SMARTS) is 1. The number of nitrogens with zero attached hydrogens (tertiary/aromatic N) is 5. The maximum Gasteiger partial charge on any atom is 0.325 e. The summed E-state index contributed by atoms with van der Waals surface area (Å²) in [6.07, 6.45) is 3.45. The Morgan fingerprint density at radius 2 is 2.32 bits per heavy atom. The highest BCUT2D eigenvalue weighted by Gasteiger charge is 2.33. The number of nitriles is 1. The number of rotatable bonds is 6. The van der Waals surface area contributed by atoms with Crippen molar-refractivity contribution in [1.29, 1.82) is 5.26 Å². The van der Waals surface area contributed by atoms with Crippen LogP contribution in [0.2, 0.25) is 0 Å². The van der Waals surface area contributed by atoms with Gasteiger partial charge in [0.05, 0.1) is 18.7 Å². The molecular formula is C11H13N5O3. The minimum Gasteiger partial charge on any atom is -0.480 e. The fourth-order valence-corrected chi connectivity index (χ4v) is 1.77. The van der Waals surface area contributed by atoms with Crippen molar-refractivity contribution in [1.82, 2.24) is 19.9 Å². The molecule has 8 nitrogen and oxygen atoms in total. The summed E-state index contributed by atoms with van der Waals surface area (Å²) in [5, 5.41) is 24.5. The summed E-state index contributed by atoms with van der Waals surface area (Å²) in [4.78, 5) is 24.3. The maximum absolute atomic E-state index is 12.2. The molecule has 19 heavy (non-hydrogen) atoms. The van der Waals surface area contributed by atoms with Gasteiger partial charge < -0.3 is 10.0 Å². The topological polar surface area (TPSA) is 112 Å². The molecule has 1 heterocycles. The highest BCUT2D eigenvalue weighted by molar-refractivity contribution is 5.92. The Kier molecular flexibility index (Phi) is 3.75. The van der Waals surface area contributed by atoms with Gasteiger partial charge in [-0.15, -0.1) is 5.10 Å². The Morgan fingerprint density at radius 3 is 2.89 bits per heavy atom. The van der Waals surface area contributed by atoms with E-state index < -0.39 is 5.97 Å². The lowest BCUT2D eigenvalue weighted by atomic mass is 10.3. The lowest BCUT2D eigenvalue weighted by molar-refractivity contribution is -0.137. The van der Waals surface area contributed by atoms with Gasteiger partial charge in [0, 0.05) is 12.6 Å². The molecule has 0 aromatic carbocycles. The van der Waals surface area contributed by atoms with Gasteiger partial charge in [0.15, 0.2) is 5.69 Å². The molecule has 1 fully saturated rings. The highest BCUT2D eigenvalue weighted by Crippen LogP contribution is 2.28. The van der Waals surface area contributed by atoms with Gasteiger partial charge in [-0.1, -0.05) is 5.21 Å². The van der Waals surface area contributed by atoms with Gasteiger partial charge in [0.25, 0.3) is 5.91 Å². The molecule has 0 aliphatic heterocycles. The second kappa shape index (κ2) is 5.48. The third kappa shape index (κ3) is 3.28. The van der Waals surface area contributed by atoms with Crippen molar-refractivity contribution < 1.29 is 14.7 Å². The predicted molar refractivity (Wildman–Crippen MR) is 61.9 cm³/mol. The first-order chi connectivity index (χ1) is 9.11. The van der Waals surface area contributed by atoms with Gasteiger partial charge in [-0.2, -0.15) is 5.26 Å². The van der Waals surface area contributed by atoms with E-state index in [-0.39, 0.29) is 30.6 Å². The largest absolute Gasteiger partial charge is 0.480 e. The van der Waals surface area contributed by atoms with Crippen LogP contribution in [0.1, 0.15) is 29.8 Å². The molecule has 1 aliphatic carbocycles. The number of amides is 1. The zero-order valence-electron chi connectivity index (χ0n) is 10.2. The van der Waals surface area contributed by atoms with Crippen LogP contribution in [-0.4, -0.2) is 49.5 Å². The summed E-state index contributed by atoms with van der Waals surface area (Å²) in [5.41, 5.74) is 0.117. The lowest BCUT2D eigenvalue weighted by Gasteiger charge is -2.19. The van der Waals surface area contributed by atoms with E-state index in [2.05, 4.69) is 10.3 Å². The molecule has 1 aromatic heterocycles. The number of aliphatic carboxylic acids is 1. The van der Waals surface area contributed by atoms with Crippen molar-refractivity contribution in [3.63, 3.8) is 0 Å². The van der Waals surface area contributed by atoms with Gasteiger partial charge in [-0.25, -0.2) is 4.68 Å². The van der Waals surface area contributed by atoms with Crippen molar-refractivity contribution in [2.24, 2.45) is 0 Å². The minimum absolute atomic E-state index is 0.117. The van der Waals surface area contributed by atoms with Gasteiger partial charge in [-0.3, -0.25) is 9.59 Å². The third-order valence-corrected chi connectivity index (χ3v) is 2.77. The smallest absolute Gasteiger partial charge is 0.325 e. The van der Waals surface area contributed by atoms with Crippen molar-refractivity contribution in [3.8, 4) is 6.07 Å². The molecule has 1 amide bonds. The van der Waals surface area contributed by atoms with E-state index in [0.717, 1.165) is 17.5 Å². The van der Waals surface area contributed by atoms with E-state index in [9.17, 15) is 9.59 Å². The van der Waals surface area contributed by atoms with Crippen LogP contribution in [0, 0.1) is 11.3 Å². The second-order valence-corrected chi connectivity index (χ2v) is 4.33. The summed E-state index contributed by atoms with van der Waals surface area (Å²) in [6.45, 7) is 0.0354. The highest BCUT2D eigenvalue weighted by atomic mass is 16.4. The lowest BCUT2D eigenvalue weighted by Crippen LogP contribution is -2.34. The number of aromatic nitrogens is 3. The van der Waals surface area contributed by atoms with Crippen LogP contribution < -0.4 is 0 Å². The Morgan fingerprint density at radius 1 is 1.58 bits per heavy atom. The normalized spacial score (nSPS) is 13.8. The van der Waals surface area contributed by atoms with E-state index in [1.165, 1.54) is 6.20 Å². The zero-order chi connectivity index (χ0) is 13.8. The average Bonchev–Trinajstić information content (AvgIpc) is 3.09. The summed E-state index contributed by atoms with van der Waals surface area (Å²) >= 11 is 0. The minimum atomic E-state index is -1.05. The number of hydrogen-bond donors (Lipinski definition) is 1. The molecule has 0 saturated heterocycles. The van der Waals surface area contributed by atoms with E-state index in [1.807, 2.05) is 6.07 Å². The van der Waals surface area contributed by atoms with Gasteiger partial charge in [0.1, 0.15) is 6.54 Å². The molecule has 0 bridgehead atoms. The Labute approximate surface area is 109 Å². The monoisotopic (exact) mass is 263 g/mol. The number of carbonyl (C=O) groups is 2. The predicted octanol–water partition coefficient (Wildman–Crippen LogP) is -0.119. The number of carboxylic acids is 1. The average molecular weight is 263 g/mol. The summed E-state index contributed by atoms with van der Waals surface area (Å²) in [5.74, 6) is -1.35. The number of carbonyl (C=O) groups excluding carboxylic acids is 1. The molecule has 1 aromatic rings. The van der Waals surface area contributed by atoms with Crippen LogP contribution in [0.15, 0.2) is 6.20 Å². The molecule has 0 radical (unpaired) electrons. The van der Waals surface area contributed by atoms with Gasteiger partial charge in [0.2, 0.25) is 0 Å². The summed E-state index contributed by atoms with van der Waals surface area (Å²) in [7, 11) is 0. The van der Waals surface area contributed by atoms with Crippen molar-refractivity contribution in [3.05, 3.63) is 11.9 Å². The van der Waals surface area contributed by atoms with Gasteiger partial charge >= 0.3 is 5.97 Å². The van der Waals surface area contributed by atoms with E-state index in [0.29, 0.717) is 6.54 Å². The quantitative estimate of drug-likeness (QED) is 0.765. The first-order valence-corrected chi connectivity index (χ1v) is 5.91. The van der Waals surface area contributed by atoms with Crippen LogP contribution in [0.25, 0.3) is 0 Å². The standard InChI is InChI=1S/C11H13N5O3/c12-4-1-5-16(8-2-3-8)11(19)9-6-15(14-13-9)7-10(17)18/h6,8H,1-3,5,7H2,(H,17,18). The van der Waals surface area contributed by atoms with Crippen LogP contribution >= 0.6 is 0 Å². The Hall–Kier alpha value is -2.43. The first-order valence-electron chi connectivity index (χ1n) is 5.91. The molecule has 1 N–H and O–H groups in total.